The van der Waals surface area contributed by atoms with E-state index in [2.05, 4.69) is 13.5 Å². The highest BCUT2D eigenvalue weighted by Crippen LogP contribution is 2.33. The molecule has 0 aliphatic heterocycles. The smallest absolute Gasteiger partial charge is 0.00672 e. The van der Waals surface area contributed by atoms with E-state index in [0.717, 1.165) is 18.3 Å². The maximum absolute atomic E-state index is 6.36. The lowest BCUT2D eigenvalue weighted by Crippen LogP contribution is -2.33. The molecule has 1 fully saturated rings. The second-order valence-corrected chi connectivity index (χ2v) is 5.79. The average molecular weight is 237 g/mol. The van der Waals surface area contributed by atoms with Gasteiger partial charge >= 0.3 is 0 Å². The van der Waals surface area contributed by atoms with E-state index in [1.54, 1.807) is 0 Å². The van der Waals surface area contributed by atoms with Crippen LogP contribution in [0.1, 0.15) is 71.1 Å². The summed E-state index contributed by atoms with van der Waals surface area (Å²) in [4.78, 5) is 0. The van der Waals surface area contributed by atoms with Crippen LogP contribution in [-0.2, 0) is 0 Å². The summed E-state index contributed by atoms with van der Waals surface area (Å²) in [7, 11) is 0. The number of allylic oxidation sites excluding steroid dienone is 1. The number of hydrogen-bond acceptors (Lipinski definition) is 1. The molecule has 2 N–H and O–H groups in total. The van der Waals surface area contributed by atoms with E-state index in [0.29, 0.717) is 6.04 Å². The fourth-order valence-corrected chi connectivity index (χ4v) is 3.17. The first-order valence-corrected chi connectivity index (χ1v) is 7.64. The van der Waals surface area contributed by atoms with Gasteiger partial charge < -0.3 is 5.73 Å². The first-order chi connectivity index (χ1) is 8.27. The molecule has 1 aliphatic carbocycles. The standard InChI is InChI=1S/C16H31N/c1-3-5-6-7-8-12-16(17)15-11-9-10-14(4-2)13-15/h3,14-16H,1,4-13,17H2,2H3. The van der Waals surface area contributed by atoms with Gasteiger partial charge in [-0.15, -0.1) is 6.58 Å². The number of unbranched alkanes of at least 4 members (excludes halogenated alkanes) is 3. The van der Waals surface area contributed by atoms with Crippen molar-refractivity contribution in [2.75, 3.05) is 0 Å². The third-order valence-electron chi connectivity index (χ3n) is 4.45. The zero-order valence-electron chi connectivity index (χ0n) is 11.7. The molecule has 0 radical (unpaired) electrons. The van der Waals surface area contributed by atoms with Gasteiger partial charge in [-0.2, -0.15) is 0 Å². The Morgan fingerprint density at radius 1 is 1.29 bits per heavy atom. The van der Waals surface area contributed by atoms with E-state index in [-0.39, 0.29) is 0 Å². The summed E-state index contributed by atoms with van der Waals surface area (Å²) >= 11 is 0. The Hall–Kier alpha value is -0.300. The molecule has 1 nitrogen and oxygen atoms in total. The second-order valence-electron chi connectivity index (χ2n) is 5.79. The molecule has 1 saturated carbocycles. The molecule has 100 valence electrons. The normalized spacial score (nSPS) is 26.7. The topological polar surface area (TPSA) is 26.0 Å². The van der Waals surface area contributed by atoms with Gasteiger partial charge in [-0.1, -0.05) is 45.1 Å². The molecule has 0 aromatic rings. The van der Waals surface area contributed by atoms with Gasteiger partial charge in [-0.05, 0) is 43.9 Å². The summed E-state index contributed by atoms with van der Waals surface area (Å²) in [5, 5.41) is 0. The number of nitrogens with two attached hydrogens (primary N) is 1. The maximum atomic E-state index is 6.36. The van der Waals surface area contributed by atoms with Crippen LogP contribution in [0.3, 0.4) is 0 Å². The SMILES string of the molecule is C=CCCCCCC(N)C1CCCC(CC)C1. The summed E-state index contributed by atoms with van der Waals surface area (Å²) in [6.45, 7) is 6.09. The summed E-state index contributed by atoms with van der Waals surface area (Å²) in [6.07, 6.45) is 15.3. The molecule has 3 atom stereocenters. The van der Waals surface area contributed by atoms with Crippen LogP contribution in [0.4, 0.5) is 0 Å². The minimum atomic E-state index is 0.466. The van der Waals surface area contributed by atoms with Crippen LogP contribution in [0.15, 0.2) is 12.7 Å². The Kier molecular flexibility index (Phi) is 7.59. The molecule has 0 aromatic carbocycles. The van der Waals surface area contributed by atoms with Crippen molar-refractivity contribution in [3.05, 3.63) is 12.7 Å². The molecule has 1 aliphatic rings. The Balaban J connectivity index is 2.13. The maximum Gasteiger partial charge on any atom is 0.00672 e. The third-order valence-corrected chi connectivity index (χ3v) is 4.45. The van der Waals surface area contributed by atoms with Gasteiger partial charge in [-0.3, -0.25) is 0 Å². The van der Waals surface area contributed by atoms with Gasteiger partial charge in [-0.25, -0.2) is 0 Å². The van der Waals surface area contributed by atoms with Crippen molar-refractivity contribution in [2.24, 2.45) is 17.6 Å². The van der Waals surface area contributed by atoms with Crippen molar-refractivity contribution in [3.63, 3.8) is 0 Å². The van der Waals surface area contributed by atoms with E-state index in [4.69, 9.17) is 5.73 Å². The first kappa shape index (κ1) is 14.8. The Morgan fingerprint density at radius 2 is 2.12 bits per heavy atom. The van der Waals surface area contributed by atoms with Gasteiger partial charge in [0.2, 0.25) is 0 Å². The first-order valence-electron chi connectivity index (χ1n) is 7.64. The summed E-state index contributed by atoms with van der Waals surface area (Å²) in [6, 6.07) is 0.466. The summed E-state index contributed by atoms with van der Waals surface area (Å²) in [5.74, 6) is 1.77. The predicted molar refractivity (Wildman–Crippen MR) is 77.0 cm³/mol. The van der Waals surface area contributed by atoms with Crippen LogP contribution in [0.5, 0.6) is 0 Å². The lowest BCUT2D eigenvalue weighted by Gasteiger charge is -2.32. The van der Waals surface area contributed by atoms with Crippen LogP contribution in [0, 0.1) is 11.8 Å². The largest absolute Gasteiger partial charge is 0.327 e. The predicted octanol–water partition coefficient (Wildman–Crippen LogP) is 4.67. The van der Waals surface area contributed by atoms with Gasteiger partial charge in [0.1, 0.15) is 0 Å². The molecule has 1 heteroatoms. The lowest BCUT2D eigenvalue weighted by molar-refractivity contribution is 0.221. The fraction of sp³-hybridized carbons (Fsp3) is 0.875. The van der Waals surface area contributed by atoms with Crippen molar-refractivity contribution in [3.8, 4) is 0 Å². The average Bonchev–Trinajstić information content (AvgIpc) is 2.38. The minimum absolute atomic E-state index is 0.466. The quantitative estimate of drug-likeness (QED) is 0.482. The number of rotatable bonds is 8. The van der Waals surface area contributed by atoms with Crippen molar-refractivity contribution < 1.29 is 0 Å². The molecule has 1 rings (SSSR count). The van der Waals surface area contributed by atoms with Crippen LogP contribution in [-0.4, -0.2) is 6.04 Å². The molecule has 0 amide bonds. The highest BCUT2D eigenvalue weighted by Gasteiger charge is 2.24. The van der Waals surface area contributed by atoms with Crippen LogP contribution in [0.25, 0.3) is 0 Å². The highest BCUT2D eigenvalue weighted by molar-refractivity contribution is 4.80. The highest BCUT2D eigenvalue weighted by atomic mass is 14.6. The molecule has 3 unspecified atom stereocenters. The summed E-state index contributed by atoms with van der Waals surface area (Å²) in [5.41, 5.74) is 6.36. The van der Waals surface area contributed by atoms with E-state index in [1.807, 2.05) is 6.08 Å². The molecular formula is C16H31N. The van der Waals surface area contributed by atoms with E-state index >= 15 is 0 Å². The molecule has 0 bridgehead atoms. The molecule has 17 heavy (non-hydrogen) atoms. The monoisotopic (exact) mass is 237 g/mol. The van der Waals surface area contributed by atoms with Crippen LogP contribution >= 0.6 is 0 Å². The summed E-state index contributed by atoms with van der Waals surface area (Å²) < 4.78 is 0. The van der Waals surface area contributed by atoms with Crippen molar-refractivity contribution in [2.45, 2.75) is 77.2 Å². The van der Waals surface area contributed by atoms with Crippen LogP contribution < -0.4 is 5.73 Å². The van der Waals surface area contributed by atoms with E-state index in [9.17, 15) is 0 Å². The molecule has 0 spiro atoms. The zero-order chi connectivity index (χ0) is 12.5. The Bertz CT molecular complexity index is 200. The van der Waals surface area contributed by atoms with E-state index in [1.165, 1.54) is 57.8 Å². The Labute approximate surface area is 108 Å². The number of hydrogen-bond donors (Lipinski definition) is 1. The van der Waals surface area contributed by atoms with Gasteiger partial charge in [0.05, 0.1) is 0 Å². The fourth-order valence-electron chi connectivity index (χ4n) is 3.17. The molecule has 0 saturated heterocycles. The zero-order valence-corrected chi connectivity index (χ0v) is 11.7. The lowest BCUT2D eigenvalue weighted by atomic mass is 9.76. The minimum Gasteiger partial charge on any atom is -0.327 e. The van der Waals surface area contributed by atoms with Crippen LogP contribution in [0.2, 0.25) is 0 Å². The van der Waals surface area contributed by atoms with Crippen molar-refractivity contribution in [1.82, 2.24) is 0 Å². The van der Waals surface area contributed by atoms with Crippen molar-refractivity contribution >= 4 is 0 Å². The van der Waals surface area contributed by atoms with Gasteiger partial charge in [0.25, 0.3) is 0 Å². The second kappa shape index (κ2) is 8.74. The molecule has 0 aromatic heterocycles. The molecular weight excluding hydrogens is 206 g/mol. The van der Waals surface area contributed by atoms with Gasteiger partial charge in [0.15, 0.2) is 0 Å². The molecule has 0 heterocycles. The third kappa shape index (κ3) is 5.72. The van der Waals surface area contributed by atoms with Gasteiger partial charge in [0, 0.05) is 6.04 Å². The van der Waals surface area contributed by atoms with Crippen molar-refractivity contribution in [1.29, 1.82) is 0 Å². The van der Waals surface area contributed by atoms with E-state index < -0.39 is 0 Å². The Morgan fingerprint density at radius 3 is 2.82 bits per heavy atom.